The second-order valence-electron chi connectivity index (χ2n) is 21.3. The van der Waals surface area contributed by atoms with Crippen LogP contribution in [0.5, 0.6) is 0 Å². The molecule has 0 fully saturated rings. The number of ether oxygens (including phenoxy) is 3. The van der Waals surface area contributed by atoms with Gasteiger partial charge in [0.05, 0.1) is 0 Å². The molecule has 0 amide bonds. The van der Waals surface area contributed by atoms with Crippen molar-refractivity contribution in [2.75, 3.05) is 13.2 Å². The van der Waals surface area contributed by atoms with Crippen molar-refractivity contribution in [2.24, 2.45) is 0 Å². The van der Waals surface area contributed by atoms with Gasteiger partial charge in [-0.3, -0.25) is 14.4 Å². The van der Waals surface area contributed by atoms with E-state index in [2.05, 4.69) is 130 Å². The van der Waals surface area contributed by atoms with Crippen LogP contribution in [0.1, 0.15) is 303 Å². The van der Waals surface area contributed by atoms with Gasteiger partial charge in [-0.25, -0.2) is 0 Å². The molecule has 0 spiro atoms. The summed E-state index contributed by atoms with van der Waals surface area (Å²) >= 11 is 0. The van der Waals surface area contributed by atoms with Crippen molar-refractivity contribution >= 4 is 17.9 Å². The van der Waals surface area contributed by atoms with E-state index in [1.54, 1.807) is 0 Å². The summed E-state index contributed by atoms with van der Waals surface area (Å²) in [5.41, 5.74) is 0. The molecule has 0 bridgehead atoms. The van der Waals surface area contributed by atoms with E-state index in [9.17, 15) is 14.4 Å². The zero-order valence-corrected chi connectivity index (χ0v) is 50.4. The van der Waals surface area contributed by atoms with Crippen LogP contribution in [-0.2, 0) is 28.6 Å². The predicted octanol–water partition coefficient (Wildman–Crippen LogP) is 22.2. The van der Waals surface area contributed by atoms with Crippen molar-refractivity contribution in [3.8, 4) is 0 Å². The quantitative estimate of drug-likeness (QED) is 0.0261. The van der Waals surface area contributed by atoms with Crippen LogP contribution < -0.4 is 0 Å². The fraction of sp³-hybridized carbons (Fsp3) is 0.704. The predicted molar refractivity (Wildman–Crippen MR) is 334 cm³/mol. The van der Waals surface area contributed by atoms with Gasteiger partial charge in [-0.2, -0.15) is 0 Å². The molecule has 0 aliphatic rings. The van der Waals surface area contributed by atoms with Crippen molar-refractivity contribution in [3.05, 3.63) is 109 Å². The first kappa shape index (κ1) is 73.1. The van der Waals surface area contributed by atoms with Gasteiger partial charge in [0.1, 0.15) is 13.2 Å². The minimum absolute atomic E-state index is 0.0891. The van der Waals surface area contributed by atoms with Crippen LogP contribution >= 0.6 is 0 Å². The average Bonchev–Trinajstić information content (AvgIpc) is 3.43. The molecule has 0 aliphatic heterocycles. The van der Waals surface area contributed by atoms with Gasteiger partial charge in [0.25, 0.3) is 0 Å². The molecule has 0 aromatic carbocycles. The number of esters is 3. The first-order valence-corrected chi connectivity index (χ1v) is 32.4. The van der Waals surface area contributed by atoms with Gasteiger partial charge in [-0.05, 0) is 109 Å². The molecule has 0 heterocycles. The van der Waals surface area contributed by atoms with Crippen LogP contribution in [0.25, 0.3) is 0 Å². The molecule has 440 valence electrons. The zero-order valence-electron chi connectivity index (χ0n) is 50.4. The Morgan fingerprint density at radius 1 is 0.273 bits per heavy atom. The lowest BCUT2D eigenvalue weighted by Crippen LogP contribution is -2.30. The third-order valence-electron chi connectivity index (χ3n) is 13.8. The molecule has 0 aromatic heterocycles. The minimum Gasteiger partial charge on any atom is -0.462 e. The Balaban J connectivity index is 4.42. The van der Waals surface area contributed by atoms with Crippen LogP contribution in [0, 0.1) is 0 Å². The molecule has 0 aromatic rings. The second-order valence-corrected chi connectivity index (χ2v) is 21.3. The SMILES string of the molecule is CC/C=C\C/C=C\C/C=C\C/C=C\C/C=C\C/C=C\C/C=C\CCCCCC(=O)OCC(COC(=O)CCCCCCCCCCCCCCC)OC(=O)CCCCCCCCCCC/C=C\C/C=C\CCCCCCC. The maximum Gasteiger partial charge on any atom is 0.306 e. The molecule has 0 rings (SSSR count). The maximum absolute atomic E-state index is 12.9. The van der Waals surface area contributed by atoms with Gasteiger partial charge in [0, 0.05) is 19.3 Å². The lowest BCUT2D eigenvalue weighted by molar-refractivity contribution is -0.167. The molecule has 0 saturated carbocycles. The van der Waals surface area contributed by atoms with Crippen molar-refractivity contribution in [1.29, 1.82) is 0 Å². The summed E-state index contributed by atoms with van der Waals surface area (Å²) in [6.45, 7) is 6.51. The minimum atomic E-state index is -0.796. The van der Waals surface area contributed by atoms with E-state index in [4.69, 9.17) is 14.2 Å². The molecule has 0 N–H and O–H groups in total. The molecule has 6 heteroatoms. The largest absolute Gasteiger partial charge is 0.462 e. The van der Waals surface area contributed by atoms with E-state index in [-0.39, 0.29) is 31.1 Å². The van der Waals surface area contributed by atoms with Crippen LogP contribution in [0.3, 0.4) is 0 Å². The summed E-state index contributed by atoms with van der Waals surface area (Å²) in [7, 11) is 0. The maximum atomic E-state index is 12.9. The van der Waals surface area contributed by atoms with E-state index < -0.39 is 6.10 Å². The average molecular weight is 1070 g/mol. The highest BCUT2D eigenvalue weighted by Crippen LogP contribution is 2.16. The molecule has 0 radical (unpaired) electrons. The monoisotopic (exact) mass is 1070 g/mol. The third kappa shape index (κ3) is 62.8. The van der Waals surface area contributed by atoms with E-state index in [0.717, 1.165) is 116 Å². The summed E-state index contributed by atoms with van der Waals surface area (Å²) in [5, 5.41) is 0. The number of hydrogen-bond donors (Lipinski definition) is 0. The van der Waals surface area contributed by atoms with Crippen molar-refractivity contribution in [2.45, 2.75) is 309 Å². The van der Waals surface area contributed by atoms with E-state index >= 15 is 0 Å². The summed E-state index contributed by atoms with van der Waals surface area (Å²) < 4.78 is 16.9. The summed E-state index contributed by atoms with van der Waals surface area (Å²) in [6, 6.07) is 0. The zero-order chi connectivity index (χ0) is 55.7. The van der Waals surface area contributed by atoms with Crippen LogP contribution in [-0.4, -0.2) is 37.2 Å². The highest BCUT2D eigenvalue weighted by Gasteiger charge is 2.19. The lowest BCUT2D eigenvalue weighted by atomic mass is 10.0. The smallest absolute Gasteiger partial charge is 0.306 e. The Labute approximate surface area is 476 Å². The van der Waals surface area contributed by atoms with Crippen LogP contribution in [0.15, 0.2) is 109 Å². The Bertz CT molecular complexity index is 1560. The van der Waals surface area contributed by atoms with E-state index in [1.807, 2.05) is 0 Å². The van der Waals surface area contributed by atoms with Crippen LogP contribution in [0.2, 0.25) is 0 Å². The number of unbranched alkanes of at least 4 members (excludes halogenated alkanes) is 29. The van der Waals surface area contributed by atoms with Gasteiger partial charge in [0.15, 0.2) is 6.10 Å². The van der Waals surface area contributed by atoms with Crippen molar-refractivity contribution in [1.82, 2.24) is 0 Å². The fourth-order valence-electron chi connectivity index (χ4n) is 8.92. The number of carbonyl (C=O) groups is 3. The highest BCUT2D eigenvalue weighted by atomic mass is 16.6. The Morgan fingerprint density at radius 3 is 0.805 bits per heavy atom. The summed E-state index contributed by atoms with van der Waals surface area (Å²) in [4.78, 5) is 38.3. The van der Waals surface area contributed by atoms with Gasteiger partial charge in [0.2, 0.25) is 0 Å². The van der Waals surface area contributed by atoms with Crippen molar-refractivity contribution in [3.63, 3.8) is 0 Å². The molecule has 0 aliphatic carbocycles. The molecule has 6 nitrogen and oxygen atoms in total. The number of hydrogen-bond acceptors (Lipinski definition) is 6. The summed E-state index contributed by atoms with van der Waals surface area (Å²) in [5.74, 6) is -0.919. The second kappa shape index (κ2) is 64.6. The standard InChI is InChI=1S/C71H120O6/c1-4-7-10-13-16-19-22-25-27-29-31-33-34-35-36-38-39-41-43-46-49-52-55-58-61-64-70(73)76-67-68(66-75-69(72)63-60-57-54-51-48-45-24-21-18-15-12-9-6-3)77-71(74)65-62-59-56-53-50-47-44-42-40-37-32-30-28-26-23-20-17-14-11-8-5-2/h7,10,16,19,23,25-27,30-33,35-36,39,41,46,49,68H,4-6,8-9,11-15,17-18,20-22,24,28-29,34,37-38,40,42-45,47-48,50-67H2,1-3H3/b10-7-,19-16-,26-23-,27-25-,32-30-,33-31-,36-35-,41-39-,49-46-. The van der Waals surface area contributed by atoms with Gasteiger partial charge < -0.3 is 14.2 Å². The molecule has 77 heavy (non-hydrogen) atoms. The lowest BCUT2D eigenvalue weighted by Gasteiger charge is -2.18. The van der Waals surface area contributed by atoms with Gasteiger partial charge in [-0.15, -0.1) is 0 Å². The Kier molecular flexibility index (Phi) is 61.3. The number of rotatable bonds is 58. The van der Waals surface area contributed by atoms with Gasteiger partial charge >= 0.3 is 17.9 Å². The van der Waals surface area contributed by atoms with Crippen LogP contribution in [0.4, 0.5) is 0 Å². The fourth-order valence-corrected chi connectivity index (χ4v) is 8.92. The normalized spacial score (nSPS) is 12.8. The Hall–Kier alpha value is -3.93. The van der Waals surface area contributed by atoms with E-state index in [0.29, 0.717) is 19.3 Å². The Morgan fingerprint density at radius 2 is 0.506 bits per heavy atom. The molecule has 1 unspecified atom stereocenters. The highest BCUT2D eigenvalue weighted by molar-refractivity contribution is 5.71. The van der Waals surface area contributed by atoms with E-state index in [1.165, 1.54) is 148 Å². The van der Waals surface area contributed by atoms with Crippen molar-refractivity contribution < 1.29 is 28.6 Å². The summed E-state index contributed by atoms with van der Waals surface area (Å²) in [6.07, 6.45) is 88.0. The molecule has 0 saturated heterocycles. The first-order valence-electron chi connectivity index (χ1n) is 32.4. The molecular weight excluding hydrogens is 949 g/mol. The van der Waals surface area contributed by atoms with Gasteiger partial charge in [-0.1, -0.05) is 284 Å². The first-order chi connectivity index (χ1) is 38.0. The molecular formula is C71H120O6. The molecule has 1 atom stereocenters. The number of carbonyl (C=O) groups excluding carboxylic acids is 3. The topological polar surface area (TPSA) is 78.9 Å². The number of allylic oxidation sites excluding steroid dienone is 18. The third-order valence-corrected chi connectivity index (χ3v) is 13.8.